The van der Waals surface area contributed by atoms with Crippen molar-refractivity contribution < 1.29 is 14.4 Å². The normalized spacial score (nSPS) is 10.5. The van der Waals surface area contributed by atoms with Crippen molar-refractivity contribution in [3.63, 3.8) is 0 Å². The first-order chi connectivity index (χ1) is 7.32. The van der Waals surface area contributed by atoms with Gasteiger partial charge in [0, 0.05) is 19.0 Å². The van der Waals surface area contributed by atoms with E-state index in [0.29, 0.717) is 6.54 Å². The Labute approximate surface area is 94.1 Å². The molecule has 0 heterocycles. The Balaban J connectivity index is 4.06. The largest absolute Gasteiger partial charge is 0.369 e. The van der Waals surface area contributed by atoms with Crippen LogP contribution in [0.15, 0.2) is 0 Å². The van der Waals surface area contributed by atoms with E-state index >= 15 is 0 Å². The topological polar surface area (TPSA) is 119 Å². The van der Waals surface area contributed by atoms with Gasteiger partial charge in [-0.15, -0.1) is 0 Å². The molecule has 0 unspecified atom stereocenters. The van der Waals surface area contributed by atoms with Crippen LogP contribution in [-0.4, -0.2) is 41.9 Å². The van der Waals surface area contributed by atoms with Crippen LogP contribution in [0.5, 0.6) is 0 Å². The molecule has 92 valence electrons. The fraction of sp³-hybridized carbons (Fsp3) is 0.667. The van der Waals surface area contributed by atoms with Gasteiger partial charge in [-0.2, -0.15) is 0 Å². The second-order valence-corrected chi connectivity index (χ2v) is 3.69. The van der Waals surface area contributed by atoms with Crippen molar-refractivity contribution in [3.05, 3.63) is 0 Å². The Morgan fingerprint density at radius 1 is 1.25 bits per heavy atom. The third-order valence-electron chi connectivity index (χ3n) is 1.98. The number of hydrogen-bond donors (Lipinski definition) is 3. The van der Waals surface area contributed by atoms with Crippen LogP contribution in [0.3, 0.4) is 0 Å². The molecule has 0 spiro atoms. The molecular formula is C9H18N4O3. The number of primary amides is 2. The van der Waals surface area contributed by atoms with Crippen molar-refractivity contribution in [3.8, 4) is 0 Å². The van der Waals surface area contributed by atoms with Gasteiger partial charge in [-0.1, -0.05) is 0 Å². The second kappa shape index (κ2) is 6.78. The zero-order valence-electron chi connectivity index (χ0n) is 9.53. The van der Waals surface area contributed by atoms with E-state index in [1.807, 2.05) is 19.2 Å². The van der Waals surface area contributed by atoms with E-state index < -0.39 is 17.8 Å². The smallest absolute Gasteiger partial charge is 0.318 e. The lowest BCUT2D eigenvalue weighted by atomic mass is 10.2. The molecule has 0 aromatic heterocycles. The summed E-state index contributed by atoms with van der Waals surface area (Å²) in [4.78, 5) is 34.0. The van der Waals surface area contributed by atoms with E-state index in [0.717, 1.165) is 0 Å². The third-order valence-corrected chi connectivity index (χ3v) is 1.98. The highest BCUT2D eigenvalue weighted by molar-refractivity contribution is 5.93. The summed E-state index contributed by atoms with van der Waals surface area (Å²) in [7, 11) is 0. The summed E-state index contributed by atoms with van der Waals surface area (Å²) in [5, 5.41) is 1.95. The predicted octanol–water partition coefficient (Wildman–Crippen LogP) is -1.23. The number of nitrogens with one attached hydrogen (secondary N) is 1. The summed E-state index contributed by atoms with van der Waals surface area (Å²) in [6.45, 7) is 4.20. The average molecular weight is 230 g/mol. The monoisotopic (exact) mass is 230 g/mol. The fourth-order valence-corrected chi connectivity index (χ4v) is 1.17. The number of nitrogens with two attached hydrogens (primary N) is 2. The summed E-state index contributed by atoms with van der Waals surface area (Å²) in [5.41, 5.74) is 9.84. The van der Waals surface area contributed by atoms with Gasteiger partial charge in [0.1, 0.15) is 0 Å². The Kier molecular flexibility index (Phi) is 6.09. The Morgan fingerprint density at radius 2 is 1.81 bits per heavy atom. The van der Waals surface area contributed by atoms with E-state index in [4.69, 9.17) is 11.5 Å². The van der Waals surface area contributed by atoms with E-state index in [-0.39, 0.29) is 19.0 Å². The number of nitrogens with zero attached hydrogens (tertiary/aromatic N) is 1. The molecule has 0 saturated carbocycles. The maximum atomic E-state index is 11.1. The lowest BCUT2D eigenvalue weighted by Crippen LogP contribution is -2.42. The van der Waals surface area contributed by atoms with Crippen molar-refractivity contribution in [2.75, 3.05) is 13.1 Å². The molecule has 7 heteroatoms. The molecule has 0 atom stereocenters. The van der Waals surface area contributed by atoms with Crippen LogP contribution in [0.2, 0.25) is 0 Å². The van der Waals surface area contributed by atoms with Gasteiger partial charge in [0.15, 0.2) is 0 Å². The molecular weight excluding hydrogens is 212 g/mol. The first kappa shape index (κ1) is 14.4. The lowest BCUT2D eigenvalue weighted by molar-refractivity contribution is -0.122. The maximum absolute atomic E-state index is 11.1. The van der Waals surface area contributed by atoms with Crippen LogP contribution < -0.4 is 16.8 Å². The van der Waals surface area contributed by atoms with Crippen LogP contribution in [0.1, 0.15) is 20.3 Å². The first-order valence-corrected chi connectivity index (χ1v) is 4.94. The number of carbonyl (C=O) groups is 3. The standard InChI is InChI=1S/C9H18N4O3/c1-6(2)13(5-7(10)14)4-3-8(15)12-9(11)16/h6H,3-5H2,1-2H3,(H2,10,14)(H3,11,12,15,16). The summed E-state index contributed by atoms with van der Waals surface area (Å²) in [5.74, 6) is -0.924. The molecule has 0 aromatic carbocycles. The van der Waals surface area contributed by atoms with Gasteiger partial charge in [0.25, 0.3) is 0 Å². The molecule has 0 radical (unpaired) electrons. The zero-order chi connectivity index (χ0) is 12.7. The summed E-state index contributed by atoms with van der Waals surface area (Å²) >= 11 is 0. The molecule has 16 heavy (non-hydrogen) atoms. The number of amides is 4. The van der Waals surface area contributed by atoms with Crippen LogP contribution in [0.25, 0.3) is 0 Å². The molecule has 0 aliphatic heterocycles. The molecule has 0 rings (SSSR count). The summed E-state index contributed by atoms with van der Waals surface area (Å²) < 4.78 is 0. The highest BCUT2D eigenvalue weighted by atomic mass is 16.2. The minimum absolute atomic E-state index is 0.0848. The molecule has 0 aliphatic rings. The minimum Gasteiger partial charge on any atom is -0.369 e. The molecule has 0 aromatic rings. The number of carbonyl (C=O) groups excluding carboxylic acids is 3. The molecule has 0 saturated heterocycles. The molecule has 0 bridgehead atoms. The number of rotatable bonds is 6. The Hall–Kier alpha value is -1.63. The van der Waals surface area contributed by atoms with Gasteiger partial charge in [-0.3, -0.25) is 19.8 Å². The van der Waals surface area contributed by atoms with E-state index in [2.05, 4.69) is 0 Å². The average Bonchev–Trinajstić information content (AvgIpc) is 2.09. The van der Waals surface area contributed by atoms with E-state index in [1.165, 1.54) is 0 Å². The summed E-state index contributed by atoms with van der Waals surface area (Å²) in [6, 6.07) is -0.787. The van der Waals surface area contributed by atoms with Crippen molar-refractivity contribution in [1.82, 2.24) is 10.2 Å². The van der Waals surface area contributed by atoms with Crippen LogP contribution in [-0.2, 0) is 9.59 Å². The van der Waals surface area contributed by atoms with Crippen LogP contribution >= 0.6 is 0 Å². The zero-order valence-corrected chi connectivity index (χ0v) is 9.53. The first-order valence-electron chi connectivity index (χ1n) is 4.94. The molecule has 4 amide bonds. The highest BCUT2D eigenvalue weighted by Crippen LogP contribution is 1.98. The van der Waals surface area contributed by atoms with Gasteiger partial charge in [-0.25, -0.2) is 4.79 Å². The van der Waals surface area contributed by atoms with Gasteiger partial charge < -0.3 is 11.5 Å². The Morgan fingerprint density at radius 3 is 2.19 bits per heavy atom. The van der Waals surface area contributed by atoms with Crippen molar-refractivity contribution in [2.45, 2.75) is 26.3 Å². The third kappa shape index (κ3) is 6.77. The van der Waals surface area contributed by atoms with E-state index in [1.54, 1.807) is 4.90 Å². The highest BCUT2D eigenvalue weighted by Gasteiger charge is 2.14. The molecule has 0 fully saturated rings. The lowest BCUT2D eigenvalue weighted by Gasteiger charge is -2.24. The van der Waals surface area contributed by atoms with Gasteiger partial charge >= 0.3 is 6.03 Å². The van der Waals surface area contributed by atoms with Gasteiger partial charge in [0.05, 0.1) is 6.54 Å². The predicted molar refractivity (Wildman–Crippen MR) is 58.2 cm³/mol. The van der Waals surface area contributed by atoms with Crippen molar-refractivity contribution in [1.29, 1.82) is 0 Å². The van der Waals surface area contributed by atoms with Gasteiger partial charge in [-0.05, 0) is 13.8 Å². The van der Waals surface area contributed by atoms with Crippen molar-refractivity contribution >= 4 is 17.8 Å². The van der Waals surface area contributed by atoms with Crippen LogP contribution in [0, 0.1) is 0 Å². The fourth-order valence-electron chi connectivity index (χ4n) is 1.17. The van der Waals surface area contributed by atoms with Gasteiger partial charge in [0.2, 0.25) is 11.8 Å². The molecule has 0 aliphatic carbocycles. The quantitative estimate of drug-likeness (QED) is 0.529. The molecule has 7 nitrogen and oxygen atoms in total. The second-order valence-electron chi connectivity index (χ2n) is 3.69. The van der Waals surface area contributed by atoms with E-state index in [9.17, 15) is 14.4 Å². The SMILES string of the molecule is CC(C)N(CCC(=O)NC(N)=O)CC(N)=O. The van der Waals surface area contributed by atoms with Crippen LogP contribution in [0.4, 0.5) is 4.79 Å². The number of hydrogen-bond acceptors (Lipinski definition) is 4. The number of urea groups is 1. The minimum atomic E-state index is -0.879. The van der Waals surface area contributed by atoms with Crippen molar-refractivity contribution in [2.24, 2.45) is 11.5 Å². The number of imide groups is 1. The maximum Gasteiger partial charge on any atom is 0.318 e. The Bertz CT molecular complexity index is 278. The summed E-state index contributed by atoms with van der Waals surface area (Å²) in [6.07, 6.45) is 0.0917. The molecule has 5 N–H and O–H groups in total.